The Morgan fingerprint density at radius 3 is 2.38 bits per heavy atom. The quantitative estimate of drug-likeness (QED) is 0.663. The second-order valence-corrected chi connectivity index (χ2v) is 8.59. The Hall–Kier alpha value is -1.07. The maximum atomic E-state index is 12.8. The minimum absolute atomic E-state index is 0.00326. The van der Waals surface area contributed by atoms with Crippen LogP contribution in [0.1, 0.15) is 52.1 Å². The maximum absolute atomic E-state index is 12.8. The maximum Gasteiger partial charge on any atom is 0.410 e. The third-order valence-corrected chi connectivity index (χ3v) is 6.01. The van der Waals surface area contributed by atoms with E-state index in [1.165, 1.54) is 0 Å². The molecule has 24 heavy (non-hydrogen) atoms. The summed E-state index contributed by atoms with van der Waals surface area (Å²) in [6.45, 7) is 9.89. The van der Waals surface area contributed by atoms with Crippen molar-refractivity contribution in [3.8, 4) is 0 Å². The summed E-state index contributed by atoms with van der Waals surface area (Å²) in [6.07, 6.45) is 1.41. The molecule has 2 fully saturated rings. The fourth-order valence-corrected chi connectivity index (χ4v) is 3.82. The van der Waals surface area contributed by atoms with Crippen LogP contribution >= 0.6 is 15.9 Å². The number of benzene rings is 1. The molecule has 1 amide bonds. The zero-order chi connectivity index (χ0) is 17.5. The van der Waals surface area contributed by atoms with Crippen LogP contribution in [0.3, 0.4) is 0 Å². The van der Waals surface area contributed by atoms with E-state index in [0.29, 0.717) is 6.54 Å². The Bertz CT molecular complexity index is 612. The smallest absolute Gasteiger partial charge is 0.410 e. The highest BCUT2D eigenvalue weighted by molar-refractivity contribution is 9.10. The average molecular weight is 396 g/mol. The van der Waals surface area contributed by atoms with Crippen molar-refractivity contribution in [2.24, 2.45) is 5.92 Å². The van der Waals surface area contributed by atoms with Crippen LogP contribution in [0.25, 0.3) is 0 Å². The zero-order valence-corrected chi connectivity index (χ0v) is 16.4. The van der Waals surface area contributed by atoms with E-state index in [9.17, 15) is 4.79 Å². The van der Waals surface area contributed by atoms with Gasteiger partial charge in [0, 0.05) is 23.9 Å². The molecule has 4 nitrogen and oxygen atoms in total. The summed E-state index contributed by atoms with van der Waals surface area (Å²) in [5, 5.41) is 0. The number of nitrogens with zero attached hydrogens (tertiary/aromatic N) is 1. The third-order valence-electron chi connectivity index (χ3n) is 5.48. The Balaban J connectivity index is 1.74. The molecule has 0 bridgehead atoms. The fourth-order valence-electron chi connectivity index (χ4n) is 3.55. The summed E-state index contributed by atoms with van der Waals surface area (Å²) >= 11 is 3.45. The molecular weight excluding hydrogens is 370 g/mol. The van der Waals surface area contributed by atoms with Crippen LogP contribution in [-0.4, -0.2) is 35.3 Å². The molecule has 0 radical (unpaired) electrons. The van der Waals surface area contributed by atoms with Crippen LogP contribution in [-0.2, 0) is 9.47 Å². The van der Waals surface area contributed by atoms with Gasteiger partial charge in [0.25, 0.3) is 0 Å². The SMILES string of the molecule is CC(c1ccc(Br)cc1)N1CCC(C[C@@]2(C)CO2)(C(C)C)OC1=O. The standard InChI is InChI=1S/C19H26BrNO3/c1-13(2)19(11-18(4)12-23-18)9-10-21(17(22)24-19)14(3)15-5-7-16(20)8-6-15/h5-8,13-14H,9-12H2,1-4H3/t14?,18-,19?/m0/s1. The van der Waals surface area contributed by atoms with Gasteiger partial charge in [-0.25, -0.2) is 4.79 Å². The van der Waals surface area contributed by atoms with Crippen molar-refractivity contribution >= 4 is 22.0 Å². The van der Waals surface area contributed by atoms with E-state index in [-0.39, 0.29) is 23.7 Å². The number of epoxide rings is 1. The summed E-state index contributed by atoms with van der Waals surface area (Å²) < 4.78 is 12.6. The van der Waals surface area contributed by atoms with E-state index in [4.69, 9.17) is 9.47 Å². The number of hydrogen-bond donors (Lipinski definition) is 0. The number of hydrogen-bond acceptors (Lipinski definition) is 3. The van der Waals surface area contributed by atoms with Crippen LogP contribution in [0, 0.1) is 5.92 Å². The molecule has 0 aromatic heterocycles. The summed E-state index contributed by atoms with van der Waals surface area (Å²) in [6, 6.07) is 8.11. The van der Waals surface area contributed by atoms with E-state index in [2.05, 4.69) is 43.6 Å². The van der Waals surface area contributed by atoms with E-state index < -0.39 is 5.60 Å². The number of rotatable bonds is 5. The molecule has 0 aliphatic carbocycles. The number of carbonyl (C=O) groups is 1. The van der Waals surface area contributed by atoms with Crippen molar-refractivity contribution in [2.75, 3.05) is 13.2 Å². The molecule has 1 aromatic carbocycles. The summed E-state index contributed by atoms with van der Waals surface area (Å²) in [5.74, 6) is 0.271. The van der Waals surface area contributed by atoms with Crippen LogP contribution in [0.15, 0.2) is 28.7 Å². The van der Waals surface area contributed by atoms with Gasteiger partial charge in [-0.2, -0.15) is 0 Å². The van der Waals surface area contributed by atoms with E-state index in [1.807, 2.05) is 29.2 Å². The van der Waals surface area contributed by atoms with Crippen LogP contribution in [0.2, 0.25) is 0 Å². The minimum atomic E-state index is -0.418. The van der Waals surface area contributed by atoms with Gasteiger partial charge in [-0.05, 0) is 37.5 Å². The summed E-state index contributed by atoms with van der Waals surface area (Å²) in [5.41, 5.74) is 0.576. The molecule has 1 aromatic rings. The lowest BCUT2D eigenvalue weighted by Gasteiger charge is -2.46. The predicted octanol–water partition coefficient (Wildman–Crippen LogP) is 4.93. The lowest BCUT2D eigenvalue weighted by atomic mass is 9.78. The van der Waals surface area contributed by atoms with Gasteiger partial charge in [0.15, 0.2) is 0 Å². The van der Waals surface area contributed by atoms with Gasteiger partial charge in [-0.15, -0.1) is 0 Å². The lowest BCUT2D eigenvalue weighted by Crippen LogP contribution is -2.54. The first-order valence-electron chi connectivity index (χ1n) is 8.64. The first kappa shape index (κ1) is 17.7. The first-order valence-corrected chi connectivity index (χ1v) is 9.43. The summed E-state index contributed by atoms with van der Waals surface area (Å²) in [4.78, 5) is 14.6. The van der Waals surface area contributed by atoms with Crippen molar-refractivity contribution in [1.82, 2.24) is 4.90 Å². The molecule has 5 heteroatoms. The summed E-state index contributed by atoms with van der Waals surface area (Å²) in [7, 11) is 0. The molecular formula is C19H26BrNO3. The van der Waals surface area contributed by atoms with E-state index in [1.54, 1.807) is 0 Å². The van der Waals surface area contributed by atoms with Crippen LogP contribution in [0.4, 0.5) is 4.79 Å². The number of ether oxygens (including phenoxy) is 2. The second kappa shape index (κ2) is 6.34. The van der Waals surface area contributed by atoms with E-state index >= 15 is 0 Å². The molecule has 3 rings (SSSR count). The van der Waals surface area contributed by atoms with Crippen molar-refractivity contribution in [1.29, 1.82) is 0 Å². The van der Waals surface area contributed by atoms with Gasteiger partial charge < -0.3 is 14.4 Å². The van der Waals surface area contributed by atoms with Crippen LogP contribution in [0.5, 0.6) is 0 Å². The monoisotopic (exact) mass is 395 g/mol. The van der Waals surface area contributed by atoms with Gasteiger partial charge in [-0.3, -0.25) is 0 Å². The molecule has 0 spiro atoms. The Kier molecular flexibility index (Phi) is 4.69. The second-order valence-electron chi connectivity index (χ2n) is 7.67. The molecule has 132 valence electrons. The Labute approximate surface area is 152 Å². The molecule has 2 heterocycles. The van der Waals surface area contributed by atoms with Gasteiger partial charge in [0.05, 0.1) is 18.2 Å². The van der Waals surface area contributed by atoms with Crippen LogP contribution < -0.4 is 0 Å². The number of carbonyl (C=O) groups excluding carboxylic acids is 1. The number of amides is 1. The predicted molar refractivity (Wildman–Crippen MR) is 96.9 cm³/mol. The topological polar surface area (TPSA) is 42.1 Å². The number of halogens is 1. The lowest BCUT2D eigenvalue weighted by molar-refractivity contribution is -0.0961. The molecule has 0 saturated carbocycles. The third kappa shape index (κ3) is 3.47. The molecule has 2 aliphatic rings. The van der Waals surface area contributed by atoms with Crippen molar-refractivity contribution in [3.63, 3.8) is 0 Å². The Morgan fingerprint density at radius 2 is 1.88 bits per heavy atom. The normalized spacial score (nSPS) is 31.1. The van der Waals surface area contributed by atoms with Gasteiger partial charge in [0.1, 0.15) is 5.60 Å². The van der Waals surface area contributed by atoms with Crippen molar-refractivity contribution in [2.45, 2.75) is 57.8 Å². The largest absolute Gasteiger partial charge is 0.442 e. The van der Waals surface area contributed by atoms with E-state index in [0.717, 1.165) is 29.5 Å². The number of cyclic esters (lactones) is 1. The molecule has 2 aliphatic heterocycles. The highest BCUT2D eigenvalue weighted by Gasteiger charge is 2.53. The zero-order valence-electron chi connectivity index (χ0n) is 14.8. The minimum Gasteiger partial charge on any atom is -0.442 e. The van der Waals surface area contributed by atoms with Crippen molar-refractivity contribution in [3.05, 3.63) is 34.3 Å². The molecule has 3 atom stereocenters. The molecule has 2 saturated heterocycles. The molecule has 2 unspecified atom stereocenters. The molecule has 0 N–H and O–H groups in total. The highest BCUT2D eigenvalue weighted by Crippen LogP contribution is 2.44. The van der Waals surface area contributed by atoms with Gasteiger partial charge in [-0.1, -0.05) is 41.9 Å². The van der Waals surface area contributed by atoms with Crippen molar-refractivity contribution < 1.29 is 14.3 Å². The highest BCUT2D eigenvalue weighted by atomic mass is 79.9. The fraction of sp³-hybridized carbons (Fsp3) is 0.632. The van der Waals surface area contributed by atoms with Gasteiger partial charge in [0.2, 0.25) is 0 Å². The first-order chi connectivity index (χ1) is 11.2. The Morgan fingerprint density at radius 1 is 1.25 bits per heavy atom. The average Bonchev–Trinajstić information content (AvgIpc) is 3.24. The van der Waals surface area contributed by atoms with Gasteiger partial charge >= 0.3 is 6.09 Å².